The lowest BCUT2D eigenvalue weighted by Crippen LogP contribution is -2.42. The summed E-state index contributed by atoms with van der Waals surface area (Å²) in [5.41, 5.74) is 10.5. The van der Waals surface area contributed by atoms with Gasteiger partial charge in [-0.15, -0.1) is 11.3 Å². The van der Waals surface area contributed by atoms with Crippen molar-refractivity contribution in [2.45, 2.75) is 31.2 Å². The molecule has 2 unspecified atom stereocenters. The van der Waals surface area contributed by atoms with Crippen LogP contribution < -0.4 is 10.5 Å². The van der Waals surface area contributed by atoms with Gasteiger partial charge in [-0.25, -0.2) is 0 Å². The number of nitrogens with zero attached hydrogens (tertiary/aromatic N) is 2. The van der Waals surface area contributed by atoms with Crippen molar-refractivity contribution in [3.63, 3.8) is 0 Å². The molecule has 5 rings (SSSR count). The average molecular weight is 460 g/mol. The first-order valence-electron chi connectivity index (χ1n) is 10.9. The number of hydrogen-bond donors (Lipinski definition) is 1. The third kappa shape index (κ3) is 3.80. The molecule has 1 spiro atoms. The maximum atomic E-state index is 9.32. The number of rotatable bonds is 4. The van der Waals surface area contributed by atoms with Crippen molar-refractivity contribution >= 4 is 28.3 Å². The number of ether oxygens (including phenoxy) is 1. The van der Waals surface area contributed by atoms with E-state index in [2.05, 4.69) is 30.3 Å². The normalized spacial score (nSPS) is 22.1. The number of aliphatic imine (C=N–C) groups is 1. The standard InChI is InChI=1S/C26H25N3OS2/c1-30-21-8-5-17(6-9-21)14-20-7-10-23-22(26(20)11-12-31-25(28)29-26)15-24(32-23)19-4-2-3-18(13-19)16-27/h2-6,8-9,13,15,20H,7,10-12,14H2,1H3,(H2,28,29). The second-order valence-electron chi connectivity index (χ2n) is 8.40. The van der Waals surface area contributed by atoms with Gasteiger partial charge in [-0.05, 0) is 78.6 Å². The summed E-state index contributed by atoms with van der Waals surface area (Å²) in [6, 6.07) is 20.9. The van der Waals surface area contributed by atoms with Gasteiger partial charge in [0.05, 0.1) is 24.3 Å². The predicted molar refractivity (Wildman–Crippen MR) is 133 cm³/mol. The largest absolute Gasteiger partial charge is 0.497 e. The summed E-state index contributed by atoms with van der Waals surface area (Å²) in [5.74, 6) is 2.27. The van der Waals surface area contributed by atoms with Crippen LogP contribution in [0.1, 0.15) is 34.4 Å². The maximum Gasteiger partial charge on any atom is 0.154 e. The van der Waals surface area contributed by atoms with Crippen molar-refractivity contribution in [2.24, 2.45) is 16.6 Å². The van der Waals surface area contributed by atoms with Crippen LogP contribution in [-0.2, 0) is 18.4 Å². The van der Waals surface area contributed by atoms with E-state index in [1.54, 1.807) is 18.9 Å². The fourth-order valence-corrected chi connectivity index (χ4v) is 7.13. The molecule has 1 aliphatic heterocycles. The number of nitrogens with two attached hydrogens (primary N) is 1. The number of fused-ring (bicyclic) bond motifs is 2. The quantitative estimate of drug-likeness (QED) is 0.539. The summed E-state index contributed by atoms with van der Waals surface area (Å²) >= 11 is 3.51. The first-order valence-corrected chi connectivity index (χ1v) is 12.7. The number of aryl methyl sites for hydroxylation is 1. The molecule has 1 aliphatic carbocycles. The number of methoxy groups -OCH3 is 1. The zero-order chi connectivity index (χ0) is 22.1. The Labute approximate surface area is 197 Å². The lowest BCUT2D eigenvalue weighted by Gasteiger charge is -2.43. The Morgan fingerprint density at radius 2 is 2.06 bits per heavy atom. The minimum absolute atomic E-state index is 0.273. The monoisotopic (exact) mass is 459 g/mol. The van der Waals surface area contributed by atoms with Crippen LogP contribution >= 0.6 is 23.1 Å². The van der Waals surface area contributed by atoms with Crippen LogP contribution in [0.4, 0.5) is 0 Å². The van der Waals surface area contributed by atoms with E-state index in [1.807, 2.05) is 41.7 Å². The topological polar surface area (TPSA) is 71.4 Å². The minimum atomic E-state index is -0.273. The first-order chi connectivity index (χ1) is 15.6. The molecule has 2 aliphatic rings. The van der Waals surface area contributed by atoms with Gasteiger partial charge in [0.25, 0.3) is 0 Å². The Morgan fingerprint density at radius 3 is 2.81 bits per heavy atom. The SMILES string of the molecule is COc1ccc(CC2CCc3sc(-c4cccc(C#N)c4)cc3C23CCSC(N)=N3)cc1. The predicted octanol–water partition coefficient (Wildman–Crippen LogP) is 5.75. The summed E-state index contributed by atoms with van der Waals surface area (Å²) in [7, 11) is 1.70. The lowest BCUT2D eigenvalue weighted by molar-refractivity contribution is 0.234. The molecular weight excluding hydrogens is 434 g/mol. The van der Waals surface area contributed by atoms with Crippen molar-refractivity contribution in [1.82, 2.24) is 0 Å². The van der Waals surface area contributed by atoms with Gasteiger partial charge >= 0.3 is 0 Å². The van der Waals surface area contributed by atoms with E-state index in [0.717, 1.165) is 42.7 Å². The third-order valence-electron chi connectivity index (χ3n) is 6.63. The van der Waals surface area contributed by atoms with Crippen molar-refractivity contribution < 1.29 is 4.74 Å². The van der Waals surface area contributed by atoms with E-state index in [-0.39, 0.29) is 5.54 Å². The number of thioether (sulfide) groups is 1. The van der Waals surface area contributed by atoms with Crippen molar-refractivity contribution in [1.29, 1.82) is 5.26 Å². The molecule has 6 heteroatoms. The molecule has 162 valence electrons. The fourth-order valence-electron chi connectivity index (χ4n) is 5.03. The smallest absolute Gasteiger partial charge is 0.154 e. The van der Waals surface area contributed by atoms with Gasteiger partial charge in [-0.1, -0.05) is 36.0 Å². The second-order valence-corrected chi connectivity index (χ2v) is 10.7. The number of benzene rings is 2. The van der Waals surface area contributed by atoms with Gasteiger partial charge in [0, 0.05) is 15.5 Å². The van der Waals surface area contributed by atoms with Gasteiger partial charge in [-0.2, -0.15) is 5.26 Å². The van der Waals surface area contributed by atoms with Crippen LogP contribution in [0.5, 0.6) is 5.75 Å². The van der Waals surface area contributed by atoms with Crippen LogP contribution in [0.2, 0.25) is 0 Å². The molecule has 2 aromatic carbocycles. The molecule has 3 aromatic rings. The molecule has 4 nitrogen and oxygen atoms in total. The molecule has 2 atom stereocenters. The van der Waals surface area contributed by atoms with Gasteiger partial charge in [-0.3, -0.25) is 4.99 Å². The minimum Gasteiger partial charge on any atom is -0.497 e. The molecule has 0 radical (unpaired) electrons. The number of thiophene rings is 1. The summed E-state index contributed by atoms with van der Waals surface area (Å²) in [5, 5.41) is 10.0. The van der Waals surface area contributed by atoms with Crippen LogP contribution in [-0.4, -0.2) is 18.0 Å². The highest BCUT2D eigenvalue weighted by atomic mass is 32.2. The van der Waals surface area contributed by atoms with E-state index in [9.17, 15) is 5.26 Å². The molecule has 2 N–H and O–H groups in total. The highest BCUT2D eigenvalue weighted by molar-refractivity contribution is 8.13. The Hall–Kier alpha value is -2.75. The highest BCUT2D eigenvalue weighted by Crippen LogP contribution is 2.52. The van der Waals surface area contributed by atoms with E-state index in [1.165, 1.54) is 20.9 Å². The van der Waals surface area contributed by atoms with E-state index >= 15 is 0 Å². The third-order valence-corrected chi connectivity index (χ3v) is 8.67. The molecule has 32 heavy (non-hydrogen) atoms. The molecule has 1 aromatic heterocycles. The van der Waals surface area contributed by atoms with Crippen molar-refractivity contribution in [2.75, 3.05) is 12.9 Å². The van der Waals surface area contributed by atoms with Crippen molar-refractivity contribution in [3.05, 3.63) is 76.2 Å². The van der Waals surface area contributed by atoms with Gasteiger partial charge < -0.3 is 10.5 Å². The lowest BCUT2D eigenvalue weighted by atomic mass is 9.68. The molecule has 0 amide bonds. The molecular formula is C26H25N3OS2. The number of hydrogen-bond acceptors (Lipinski definition) is 6. The maximum absolute atomic E-state index is 9.32. The van der Waals surface area contributed by atoms with Gasteiger partial charge in [0.2, 0.25) is 0 Å². The highest BCUT2D eigenvalue weighted by Gasteiger charge is 2.46. The first kappa shape index (κ1) is 21.1. The zero-order valence-electron chi connectivity index (χ0n) is 18.0. The van der Waals surface area contributed by atoms with Crippen LogP contribution in [0.15, 0.2) is 59.6 Å². The number of nitriles is 1. The summed E-state index contributed by atoms with van der Waals surface area (Å²) in [4.78, 5) is 7.78. The Morgan fingerprint density at radius 1 is 1.22 bits per heavy atom. The molecule has 0 fully saturated rings. The van der Waals surface area contributed by atoms with Crippen molar-refractivity contribution in [3.8, 4) is 22.3 Å². The van der Waals surface area contributed by atoms with Gasteiger partial charge in [0.1, 0.15) is 5.75 Å². The van der Waals surface area contributed by atoms with Crippen LogP contribution in [0.25, 0.3) is 10.4 Å². The van der Waals surface area contributed by atoms with E-state index in [4.69, 9.17) is 15.5 Å². The Balaban J connectivity index is 1.55. The van der Waals surface area contributed by atoms with Crippen LogP contribution in [0, 0.1) is 17.2 Å². The zero-order valence-corrected chi connectivity index (χ0v) is 19.6. The number of amidine groups is 1. The van der Waals surface area contributed by atoms with E-state index < -0.39 is 0 Å². The van der Waals surface area contributed by atoms with Crippen LogP contribution in [0.3, 0.4) is 0 Å². The molecule has 0 bridgehead atoms. The summed E-state index contributed by atoms with van der Waals surface area (Å²) < 4.78 is 5.33. The Kier molecular flexibility index (Phi) is 5.71. The molecule has 2 heterocycles. The summed E-state index contributed by atoms with van der Waals surface area (Å²) in [6.07, 6.45) is 4.13. The van der Waals surface area contributed by atoms with E-state index in [0.29, 0.717) is 16.6 Å². The molecule has 0 saturated carbocycles. The van der Waals surface area contributed by atoms with Gasteiger partial charge in [0.15, 0.2) is 5.17 Å². The Bertz CT molecular complexity index is 1210. The second kappa shape index (κ2) is 8.65. The molecule has 0 saturated heterocycles. The summed E-state index contributed by atoms with van der Waals surface area (Å²) in [6.45, 7) is 0. The average Bonchev–Trinajstić information content (AvgIpc) is 3.27. The fraction of sp³-hybridized carbons (Fsp3) is 0.308.